The Kier molecular flexibility index (Phi) is 6.36. The fourth-order valence-electron chi connectivity index (χ4n) is 1.67. The molecule has 0 saturated carbocycles. The monoisotopic (exact) mass is 296 g/mol. The van der Waals surface area contributed by atoms with Crippen molar-refractivity contribution in [1.29, 1.82) is 0 Å². The van der Waals surface area contributed by atoms with E-state index in [2.05, 4.69) is 53.1 Å². The zero-order valence-electron chi connectivity index (χ0n) is 12.7. The van der Waals surface area contributed by atoms with Crippen molar-refractivity contribution in [2.24, 2.45) is 0 Å². The summed E-state index contributed by atoms with van der Waals surface area (Å²) < 4.78 is 24.9. The molecule has 0 N–H and O–H groups in total. The third-order valence-electron chi connectivity index (χ3n) is 2.19. The van der Waals surface area contributed by atoms with Gasteiger partial charge in [0.1, 0.15) is 0 Å². The summed E-state index contributed by atoms with van der Waals surface area (Å²) in [6, 6.07) is 0. The van der Waals surface area contributed by atoms with Crippen LogP contribution in [0.25, 0.3) is 0 Å². The molecule has 0 amide bonds. The maximum absolute atomic E-state index is 13.0. The summed E-state index contributed by atoms with van der Waals surface area (Å²) in [5, 5.41) is 0. The maximum Gasteiger partial charge on any atom is 0.314 e. The molecule has 0 aliphatic rings. The van der Waals surface area contributed by atoms with E-state index in [0.717, 1.165) is 12.8 Å². The highest BCUT2D eigenvalue weighted by atomic mass is 31.2. The van der Waals surface area contributed by atoms with Gasteiger partial charge >= 0.3 is 7.60 Å². The van der Waals surface area contributed by atoms with Crippen molar-refractivity contribution >= 4 is 24.2 Å². The van der Waals surface area contributed by atoms with Crippen LogP contribution in [0, 0.1) is 0 Å². The summed E-state index contributed by atoms with van der Waals surface area (Å²) in [7, 11) is -6.66. The van der Waals surface area contributed by atoms with Gasteiger partial charge in [0.15, 0.2) is 16.6 Å². The molecular weight excluding hydrogens is 267 g/mol. The van der Waals surface area contributed by atoms with E-state index < -0.39 is 24.2 Å². The van der Waals surface area contributed by atoms with Gasteiger partial charge in [-0.2, -0.15) is 0 Å². The van der Waals surface area contributed by atoms with Crippen molar-refractivity contribution in [3.05, 3.63) is 0 Å². The molecule has 0 fully saturated rings. The van der Waals surface area contributed by atoms with Gasteiger partial charge in [-0.1, -0.05) is 13.8 Å². The Morgan fingerprint density at radius 2 is 1.18 bits per heavy atom. The third kappa shape index (κ3) is 6.92. The molecule has 6 heteroatoms. The second-order valence-electron chi connectivity index (χ2n) is 6.42. The molecule has 0 saturated heterocycles. The lowest BCUT2D eigenvalue weighted by Gasteiger charge is -2.35. The summed E-state index contributed by atoms with van der Waals surface area (Å²) in [5.74, 6) is 0. The summed E-state index contributed by atoms with van der Waals surface area (Å²) in [6.45, 7) is 16.5. The topological polar surface area (TPSA) is 35.5 Å². The third-order valence-corrected chi connectivity index (χ3v) is 10.2. The van der Waals surface area contributed by atoms with E-state index in [9.17, 15) is 4.57 Å². The standard InChI is InChI=1S/C11H29O3PSi2/c1-9-11(10-2)15(12,13-16(3,4)5)14-17(6,7)8/h11H,9-10H2,1-8H3. The van der Waals surface area contributed by atoms with Crippen LogP contribution in [0.4, 0.5) is 0 Å². The largest absolute Gasteiger partial charge is 0.351 e. The molecule has 0 spiro atoms. The summed E-state index contributed by atoms with van der Waals surface area (Å²) in [5.41, 5.74) is 0.0425. The summed E-state index contributed by atoms with van der Waals surface area (Å²) in [4.78, 5) is 0. The predicted molar refractivity (Wildman–Crippen MR) is 80.8 cm³/mol. The minimum absolute atomic E-state index is 0.0425. The molecule has 0 aromatic carbocycles. The second kappa shape index (κ2) is 6.15. The molecular formula is C11H29O3PSi2. The van der Waals surface area contributed by atoms with Gasteiger partial charge in [-0.3, -0.25) is 4.57 Å². The molecule has 0 atom stereocenters. The van der Waals surface area contributed by atoms with Crippen LogP contribution in [-0.2, 0) is 13.0 Å². The van der Waals surface area contributed by atoms with Crippen LogP contribution < -0.4 is 0 Å². The fourth-order valence-corrected chi connectivity index (χ4v) is 10.3. The van der Waals surface area contributed by atoms with E-state index in [-0.39, 0.29) is 5.66 Å². The van der Waals surface area contributed by atoms with E-state index in [1.165, 1.54) is 0 Å². The molecule has 17 heavy (non-hydrogen) atoms. The lowest BCUT2D eigenvalue weighted by atomic mass is 10.3. The Labute approximate surface area is 109 Å². The van der Waals surface area contributed by atoms with Crippen molar-refractivity contribution in [3.63, 3.8) is 0 Å². The molecule has 0 aliphatic carbocycles. The van der Waals surface area contributed by atoms with Gasteiger partial charge in [0.05, 0.1) is 5.66 Å². The van der Waals surface area contributed by atoms with E-state index in [4.69, 9.17) is 8.43 Å². The number of rotatable bonds is 7. The molecule has 104 valence electrons. The van der Waals surface area contributed by atoms with Gasteiger partial charge in [0.25, 0.3) is 0 Å². The molecule has 3 nitrogen and oxygen atoms in total. The molecule has 0 heterocycles. The summed E-state index contributed by atoms with van der Waals surface area (Å²) in [6.07, 6.45) is 1.70. The van der Waals surface area contributed by atoms with Gasteiger partial charge in [-0.25, -0.2) is 0 Å². The lowest BCUT2D eigenvalue weighted by molar-refractivity contribution is 0.364. The summed E-state index contributed by atoms with van der Waals surface area (Å²) >= 11 is 0. The first kappa shape index (κ1) is 17.6. The van der Waals surface area contributed by atoms with Crippen LogP contribution in [-0.4, -0.2) is 22.3 Å². The molecule has 0 unspecified atom stereocenters. The molecule has 0 aliphatic heterocycles. The quantitative estimate of drug-likeness (QED) is 0.486. The van der Waals surface area contributed by atoms with E-state index in [1.807, 2.05) is 0 Å². The van der Waals surface area contributed by atoms with Crippen molar-refractivity contribution in [2.45, 2.75) is 71.6 Å². The average molecular weight is 296 g/mol. The van der Waals surface area contributed by atoms with Crippen LogP contribution in [0.15, 0.2) is 0 Å². The van der Waals surface area contributed by atoms with Gasteiger partial charge in [-0.15, -0.1) is 0 Å². The Morgan fingerprint density at radius 3 is 1.35 bits per heavy atom. The minimum Gasteiger partial charge on any atom is -0.351 e. The van der Waals surface area contributed by atoms with Crippen molar-refractivity contribution in [2.75, 3.05) is 0 Å². The molecule has 0 aromatic rings. The Bertz CT molecular complexity index is 257. The fraction of sp³-hybridized carbons (Fsp3) is 1.00. The Hall–Kier alpha value is 0.584. The predicted octanol–water partition coefficient (Wildman–Crippen LogP) is 5.07. The van der Waals surface area contributed by atoms with Crippen LogP contribution in [0.3, 0.4) is 0 Å². The van der Waals surface area contributed by atoms with Gasteiger partial charge < -0.3 is 8.43 Å². The second-order valence-corrected chi connectivity index (χ2v) is 18.1. The Balaban J connectivity index is 5.14. The van der Waals surface area contributed by atoms with Crippen LogP contribution >= 0.6 is 7.60 Å². The smallest absolute Gasteiger partial charge is 0.314 e. The average Bonchev–Trinajstić information content (AvgIpc) is 1.97. The van der Waals surface area contributed by atoms with Crippen molar-refractivity contribution in [1.82, 2.24) is 0 Å². The highest BCUT2D eigenvalue weighted by Gasteiger charge is 2.41. The molecule has 0 rings (SSSR count). The van der Waals surface area contributed by atoms with Crippen LogP contribution in [0.1, 0.15) is 26.7 Å². The highest BCUT2D eigenvalue weighted by Crippen LogP contribution is 2.58. The first-order valence-electron chi connectivity index (χ1n) is 6.44. The van der Waals surface area contributed by atoms with Crippen molar-refractivity contribution < 1.29 is 13.0 Å². The van der Waals surface area contributed by atoms with E-state index in [0.29, 0.717) is 0 Å². The Morgan fingerprint density at radius 1 is 0.882 bits per heavy atom. The zero-order valence-corrected chi connectivity index (χ0v) is 15.6. The van der Waals surface area contributed by atoms with Gasteiger partial charge in [0, 0.05) is 0 Å². The van der Waals surface area contributed by atoms with E-state index in [1.54, 1.807) is 0 Å². The van der Waals surface area contributed by atoms with Gasteiger partial charge in [0.2, 0.25) is 0 Å². The highest BCUT2D eigenvalue weighted by molar-refractivity contribution is 7.57. The van der Waals surface area contributed by atoms with Crippen LogP contribution in [0.5, 0.6) is 0 Å². The maximum atomic E-state index is 13.0. The number of hydrogen-bond donors (Lipinski definition) is 0. The first-order chi connectivity index (χ1) is 7.43. The van der Waals surface area contributed by atoms with Crippen LogP contribution in [0.2, 0.25) is 39.3 Å². The minimum atomic E-state index is -2.95. The van der Waals surface area contributed by atoms with E-state index >= 15 is 0 Å². The molecule has 0 radical (unpaired) electrons. The van der Waals surface area contributed by atoms with Crippen molar-refractivity contribution in [3.8, 4) is 0 Å². The SMILES string of the molecule is CCC(CC)P(=O)(O[Si](C)(C)C)O[Si](C)(C)C. The first-order valence-corrected chi connectivity index (χ1v) is 14.9. The zero-order chi connectivity index (χ0) is 13.9. The molecule has 0 aromatic heterocycles. The normalized spacial score (nSPS) is 14.4. The molecule has 0 bridgehead atoms. The van der Waals surface area contributed by atoms with Gasteiger partial charge in [-0.05, 0) is 52.1 Å². The number of hydrogen-bond acceptors (Lipinski definition) is 3. The lowest BCUT2D eigenvalue weighted by Crippen LogP contribution is -2.33.